The van der Waals surface area contributed by atoms with E-state index in [1.165, 1.54) is 12.1 Å². The molecule has 0 aliphatic carbocycles. The molecular formula is C18H11F5N4OS. The molecule has 0 aliphatic heterocycles. The number of para-hydroxylation sites is 2. The van der Waals surface area contributed by atoms with Crippen LogP contribution < -0.4 is 0 Å². The quantitative estimate of drug-likeness (QED) is 0.299. The summed E-state index contributed by atoms with van der Waals surface area (Å²) in [6.45, 7) is -2.77. The molecule has 2 heterocycles. The molecule has 0 bridgehead atoms. The summed E-state index contributed by atoms with van der Waals surface area (Å²) in [6.07, 6.45) is -4.44. The molecule has 5 nitrogen and oxygen atoms in total. The summed E-state index contributed by atoms with van der Waals surface area (Å²) in [5, 5.41) is 3.83. The van der Waals surface area contributed by atoms with E-state index in [-0.39, 0.29) is 22.6 Å². The molecule has 2 aromatic carbocycles. The maximum Gasteiger partial charge on any atom is 0.416 e. The Hall–Kier alpha value is -2.95. The number of rotatable bonds is 5. The van der Waals surface area contributed by atoms with Crippen molar-refractivity contribution in [2.24, 2.45) is 0 Å². The number of nitrogens with zero attached hydrogens (tertiary/aromatic N) is 4. The molecule has 2 aromatic heterocycles. The van der Waals surface area contributed by atoms with Crippen molar-refractivity contribution in [2.45, 2.75) is 23.6 Å². The van der Waals surface area contributed by atoms with E-state index in [9.17, 15) is 22.0 Å². The third kappa shape index (κ3) is 3.95. The normalized spacial score (nSPS) is 12.2. The molecule has 150 valence electrons. The Morgan fingerprint density at radius 3 is 2.41 bits per heavy atom. The number of imidazole rings is 1. The standard InChI is InChI=1S/C18H11F5N4OS/c19-16(20)27-13-4-2-1-3-12(13)24-17(27)29-9-14-25-15(26-28-14)10-5-7-11(8-6-10)18(21,22)23/h1-8,16H,9H2. The molecule has 0 spiro atoms. The van der Waals surface area contributed by atoms with Gasteiger partial charge in [-0.25, -0.2) is 4.98 Å². The number of halogens is 5. The average Bonchev–Trinajstić information content (AvgIpc) is 3.30. The highest BCUT2D eigenvalue weighted by Crippen LogP contribution is 2.32. The number of hydrogen-bond donors (Lipinski definition) is 0. The highest BCUT2D eigenvalue weighted by molar-refractivity contribution is 7.98. The smallest absolute Gasteiger partial charge is 0.338 e. The zero-order chi connectivity index (χ0) is 20.6. The van der Waals surface area contributed by atoms with Gasteiger partial charge in [0, 0.05) is 5.56 Å². The summed E-state index contributed by atoms with van der Waals surface area (Å²) in [6, 6.07) is 10.8. The van der Waals surface area contributed by atoms with Gasteiger partial charge in [-0.1, -0.05) is 41.2 Å². The zero-order valence-electron chi connectivity index (χ0n) is 14.4. The van der Waals surface area contributed by atoms with Crippen molar-refractivity contribution in [1.82, 2.24) is 19.7 Å². The van der Waals surface area contributed by atoms with Crippen LogP contribution in [0.4, 0.5) is 22.0 Å². The van der Waals surface area contributed by atoms with E-state index in [0.29, 0.717) is 16.6 Å². The van der Waals surface area contributed by atoms with Gasteiger partial charge in [-0.05, 0) is 24.3 Å². The van der Waals surface area contributed by atoms with Gasteiger partial charge in [0.15, 0.2) is 5.16 Å². The Morgan fingerprint density at radius 2 is 1.72 bits per heavy atom. The minimum absolute atomic E-state index is 0.0731. The number of aromatic nitrogens is 4. The predicted molar refractivity (Wildman–Crippen MR) is 95.3 cm³/mol. The second-order valence-corrected chi connectivity index (χ2v) is 6.85. The number of fused-ring (bicyclic) bond motifs is 1. The Kier molecular flexibility index (Phi) is 4.99. The van der Waals surface area contributed by atoms with Crippen molar-refractivity contribution in [1.29, 1.82) is 0 Å². The zero-order valence-corrected chi connectivity index (χ0v) is 15.2. The van der Waals surface area contributed by atoms with E-state index >= 15 is 0 Å². The first-order chi connectivity index (χ1) is 13.8. The fraction of sp³-hybridized carbons (Fsp3) is 0.167. The van der Waals surface area contributed by atoms with E-state index in [2.05, 4.69) is 15.1 Å². The Bertz CT molecular complexity index is 1140. The lowest BCUT2D eigenvalue weighted by Gasteiger charge is -2.06. The second-order valence-electron chi connectivity index (χ2n) is 5.91. The lowest BCUT2D eigenvalue weighted by Crippen LogP contribution is -2.04. The van der Waals surface area contributed by atoms with E-state index in [0.717, 1.165) is 28.5 Å². The Balaban J connectivity index is 1.52. The first-order valence-electron chi connectivity index (χ1n) is 8.21. The van der Waals surface area contributed by atoms with Gasteiger partial charge in [-0.15, -0.1) is 0 Å². The maximum absolute atomic E-state index is 13.4. The van der Waals surface area contributed by atoms with Crippen molar-refractivity contribution in [3.05, 3.63) is 60.0 Å². The highest BCUT2D eigenvalue weighted by atomic mass is 32.2. The van der Waals surface area contributed by atoms with Crippen LogP contribution in [-0.2, 0) is 11.9 Å². The fourth-order valence-corrected chi connectivity index (χ4v) is 3.53. The van der Waals surface area contributed by atoms with Crippen LogP contribution in [0.2, 0.25) is 0 Å². The molecule has 0 N–H and O–H groups in total. The molecule has 4 rings (SSSR count). The lowest BCUT2D eigenvalue weighted by molar-refractivity contribution is -0.137. The summed E-state index contributed by atoms with van der Waals surface area (Å²) in [5.41, 5.74) is 0.302. The van der Waals surface area contributed by atoms with E-state index < -0.39 is 18.3 Å². The molecule has 0 saturated carbocycles. The number of hydrogen-bond acceptors (Lipinski definition) is 5. The molecule has 29 heavy (non-hydrogen) atoms. The molecule has 0 aliphatic rings. The summed E-state index contributed by atoms with van der Waals surface area (Å²) in [5.74, 6) is 0.318. The first kappa shape index (κ1) is 19.4. The van der Waals surface area contributed by atoms with Crippen molar-refractivity contribution in [3.63, 3.8) is 0 Å². The summed E-state index contributed by atoms with van der Waals surface area (Å²) in [7, 11) is 0. The fourth-order valence-electron chi connectivity index (χ4n) is 2.68. The van der Waals surface area contributed by atoms with Crippen LogP contribution in [0.5, 0.6) is 0 Å². The Morgan fingerprint density at radius 1 is 1.00 bits per heavy atom. The van der Waals surface area contributed by atoms with Crippen LogP contribution in [0.3, 0.4) is 0 Å². The summed E-state index contributed by atoms with van der Waals surface area (Å²) < 4.78 is 70.7. The predicted octanol–water partition coefficient (Wildman–Crippen LogP) is 5.79. The van der Waals surface area contributed by atoms with Crippen molar-refractivity contribution in [2.75, 3.05) is 0 Å². The molecule has 11 heteroatoms. The average molecular weight is 426 g/mol. The van der Waals surface area contributed by atoms with Crippen LogP contribution in [0, 0.1) is 0 Å². The van der Waals surface area contributed by atoms with Gasteiger partial charge in [-0.2, -0.15) is 26.9 Å². The molecule has 0 atom stereocenters. The van der Waals surface area contributed by atoms with Crippen molar-refractivity contribution < 1.29 is 26.5 Å². The van der Waals surface area contributed by atoms with Crippen LogP contribution >= 0.6 is 11.8 Å². The van der Waals surface area contributed by atoms with Gasteiger partial charge in [0.25, 0.3) is 0 Å². The number of benzene rings is 2. The Labute approximate surface area is 164 Å². The van der Waals surface area contributed by atoms with Gasteiger partial charge >= 0.3 is 12.7 Å². The van der Waals surface area contributed by atoms with Gasteiger partial charge < -0.3 is 4.52 Å². The maximum atomic E-state index is 13.4. The van der Waals surface area contributed by atoms with Gasteiger partial charge in [0.05, 0.1) is 22.3 Å². The molecule has 4 aromatic rings. The molecule has 0 fully saturated rings. The van der Waals surface area contributed by atoms with E-state index in [1.807, 2.05) is 0 Å². The second kappa shape index (κ2) is 7.47. The summed E-state index contributed by atoms with van der Waals surface area (Å²) in [4.78, 5) is 8.31. The minimum Gasteiger partial charge on any atom is -0.338 e. The first-order valence-corrected chi connectivity index (χ1v) is 9.19. The lowest BCUT2D eigenvalue weighted by atomic mass is 10.1. The third-order valence-corrected chi connectivity index (χ3v) is 4.96. The molecule has 0 unspecified atom stereocenters. The van der Waals surface area contributed by atoms with E-state index in [4.69, 9.17) is 4.52 Å². The largest absolute Gasteiger partial charge is 0.416 e. The van der Waals surface area contributed by atoms with Crippen molar-refractivity contribution >= 4 is 22.8 Å². The van der Waals surface area contributed by atoms with Crippen LogP contribution in [-0.4, -0.2) is 19.7 Å². The number of thioether (sulfide) groups is 1. The molecule has 0 radical (unpaired) electrons. The molecule has 0 amide bonds. The minimum atomic E-state index is -4.44. The number of alkyl halides is 5. The van der Waals surface area contributed by atoms with Gasteiger partial charge in [-0.3, -0.25) is 4.57 Å². The van der Waals surface area contributed by atoms with E-state index in [1.54, 1.807) is 24.3 Å². The monoisotopic (exact) mass is 426 g/mol. The molecule has 0 saturated heterocycles. The third-order valence-electron chi connectivity index (χ3n) is 4.02. The van der Waals surface area contributed by atoms with Crippen LogP contribution in [0.25, 0.3) is 22.4 Å². The van der Waals surface area contributed by atoms with Crippen molar-refractivity contribution in [3.8, 4) is 11.4 Å². The SMILES string of the molecule is FC(F)n1c(SCc2nc(-c3ccc(C(F)(F)F)cc3)no2)nc2ccccc21. The van der Waals surface area contributed by atoms with Crippen LogP contribution in [0.15, 0.2) is 58.2 Å². The van der Waals surface area contributed by atoms with Gasteiger partial charge in [0.1, 0.15) is 0 Å². The summed E-state index contributed by atoms with van der Waals surface area (Å²) >= 11 is 0.995. The highest BCUT2D eigenvalue weighted by Gasteiger charge is 2.30. The van der Waals surface area contributed by atoms with Crippen LogP contribution in [0.1, 0.15) is 18.0 Å². The van der Waals surface area contributed by atoms with Gasteiger partial charge in [0.2, 0.25) is 11.7 Å². The molecular weight excluding hydrogens is 415 g/mol. The topological polar surface area (TPSA) is 56.7 Å².